The minimum absolute atomic E-state index is 0.000778. The van der Waals surface area contributed by atoms with Crippen LogP contribution in [0.4, 0.5) is 5.82 Å². The predicted octanol–water partition coefficient (Wildman–Crippen LogP) is 2.87. The molecule has 3 heterocycles. The van der Waals surface area contributed by atoms with E-state index < -0.39 is 6.04 Å². The van der Waals surface area contributed by atoms with Crippen molar-refractivity contribution in [1.82, 2.24) is 14.8 Å². The lowest BCUT2D eigenvalue weighted by atomic mass is 9.95. The molecule has 0 radical (unpaired) electrons. The number of carbonyl (C=O) groups is 3. The Hall–Kier alpha value is -3.22. The molecule has 31 heavy (non-hydrogen) atoms. The minimum Gasteiger partial charge on any atom is -0.341 e. The number of aryl methyl sites for hydroxylation is 1. The second-order valence-corrected chi connectivity index (χ2v) is 8.33. The van der Waals surface area contributed by atoms with Crippen LogP contribution in [0.25, 0.3) is 0 Å². The number of anilines is 1. The number of piperidine rings is 1. The molecule has 7 nitrogen and oxygen atoms in total. The highest BCUT2D eigenvalue weighted by Crippen LogP contribution is 2.25. The molecule has 0 aliphatic carbocycles. The number of likely N-dealkylation sites (tertiary alicyclic amines) is 2. The number of nitrogens with one attached hydrogen (secondary N) is 1. The number of carbonyl (C=O) groups excluding carboxylic acids is 3. The third-order valence-electron chi connectivity index (χ3n) is 6.16. The average Bonchev–Trinajstić information content (AvgIpc) is 3.30. The van der Waals surface area contributed by atoms with Crippen molar-refractivity contribution in [3.63, 3.8) is 0 Å². The first-order valence-electron chi connectivity index (χ1n) is 10.9. The van der Waals surface area contributed by atoms with Gasteiger partial charge in [0.1, 0.15) is 11.9 Å². The summed E-state index contributed by atoms with van der Waals surface area (Å²) in [5.41, 5.74) is 1.65. The Labute approximate surface area is 182 Å². The first-order chi connectivity index (χ1) is 15.0. The number of benzene rings is 1. The van der Waals surface area contributed by atoms with E-state index in [1.165, 1.54) is 0 Å². The van der Waals surface area contributed by atoms with Crippen molar-refractivity contribution in [3.05, 3.63) is 59.8 Å². The first-order valence-corrected chi connectivity index (χ1v) is 10.9. The highest BCUT2D eigenvalue weighted by Gasteiger charge is 2.38. The number of hydrogen-bond acceptors (Lipinski definition) is 4. The van der Waals surface area contributed by atoms with Gasteiger partial charge < -0.3 is 15.1 Å². The van der Waals surface area contributed by atoms with Crippen molar-refractivity contribution in [1.29, 1.82) is 0 Å². The van der Waals surface area contributed by atoms with Crippen molar-refractivity contribution < 1.29 is 14.4 Å². The van der Waals surface area contributed by atoms with Crippen molar-refractivity contribution in [2.45, 2.75) is 38.6 Å². The van der Waals surface area contributed by atoms with Gasteiger partial charge in [-0.3, -0.25) is 14.4 Å². The van der Waals surface area contributed by atoms with Crippen molar-refractivity contribution in [3.8, 4) is 0 Å². The zero-order chi connectivity index (χ0) is 21.8. The van der Waals surface area contributed by atoms with Crippen molar-refractivity contribution >= 4 is 23.5 Å². The molecule has 2 fully saturated rings. The fourth-order valence-electron chi connectivity index (χ4n) is 4.36. The lowest BCUT2D eigenvalue weighted by molar-refractivity contribution is -0.138. The van der Waals surface area contributed by atoms with Crippen LogP contribution in [0.5, 0.6) is 0 Å². The van der Waals surface area contributed by atoms with Gasteiger partial charge in [0, 0.05) is 37.3 Å². The van der Waals surface area contributed by atoms with Gasteiger partial charge in [-0.2, -0.15) is 0 Å². The van der Waals surface area contributed by atoms with Crippen LogP contribution < -0.4 is 5.32 Å². The molecule has 0 saturated carbocycles. The Kier molecular flexibility index (Phi) is 6.30. The summed E-state index contributed by atoms with van der Waals surface area (Å²) in [6.45, 7) is 3.61. The quantitative estimate of drug-likeness (QED) is 0.825. The SMILES string of the molecule is Cc1ccc(NC(=O)C2CCN(C(=O)C3CCCN3C(=O)c3ccccc3)CC2)nc1. The van der Waals surface area contributed by atoms with E-state index >= 15 is 0 Å². The molecule has 1 atom stereocenters. The molecule has 0 spiro atoms. The standard InChI is InChI=1S/C24H28N4O3/c1-17-9-10-21(25-16-17)26-22(29)18-11-14-27(15-12-18)24(31)20-8-5-13-28(20)23(30)19-6-3-2-4-7-19/h2-4,6-7,9-10,16,18,20H,5,8,11-15H2,1H3,(H,25,26,29). The number of rotatable bonds is 4. The zero-order valence-corrected chi connectivity index (χ0v) is 17.8. The minimum atomic E-state index is -0.408. The highest BCUT2D eigenvalue weighted by atomic mass is 16.2. The van der Waals surface area contributed by atoms with Gasteiger partial charge in [0.15, 0.2) is 0 Å². The van der Waals surface area contributed by atoms with Gasteiger partial charge >= 0.3 is 0 Å². The van der Waals surface area contributed by atoms with Gasteiger partial charge in [0.05, 0.1) is 0 Å². The summed E-state index contributed by atoms with van der Waals surface area (Å²) in [6, 6.07) is 12.4. The summed E-state index contributed by atoms with van der Waals surface area (Å²) in [6.07, 6.45) is 4.47. The Morgan fingerprint density at radius 1 is 0.968 bits per heavy atom. The molecule has 1 aromatic carbocycles. The second kappa shape index (κ2) is 9.29. The molecular weight excluding hydrogens is 392 g/mol. The smallest absolute Gasteiger partial charge is 0.254 e. The molecule has 1 unspecified atom stereocenters. The van der Waals surface area contributed by atoms with Gasteiger partial charge in [0.2, 0.25) is 11.8 Å². The topological polar surface area (TPSA) is 82.6 Å². The van der Waals surface area contributed by atoms with E-state index in [0.29, 0.717) is 50.3 Å². The maximum absolute atomic E-state index is 13.2. The molecule has 7 heteroatoms. The highest BCUT2D eigenvalue weighted by molar-refractivity contribution is 5.98. The predicted molar refractivity (Wildman–Crippen MR) is 117 cm³/mol. The molecule has 4 rings (SSSR count). The third kappa shape index (κ3) is 4.76. The van der Waals surface area contributed by atoms with Crippen LogP contribution in [0.2, 0.25) is 0 Å². The summed E-state index contributed by atoms with van der Waals surface area (Å²) >= 11 is 0. The van der Waals surface area contributed by atoms with Crippen molar-refractivity contribution in [2.75, 3.05) is 25.0 Å². The molecular formula is C24H28N4O3. The van der Waals surface area contributed by atoms with E-state index in [1.54, 1.807) is 29.3 Å². The van der Waals surface area contributed by atoms with Crippen LogP contribution in [0.15, 0.2) is 48.7 Å². The zero-order valence-electron chi connectivity index (χ0n) is 17.8. The van der Waals surface area contributed by atoms with Crippen LogP contribution in [0.3, 0.4) is 0 Å². The van der Waals surface area contributed by atoms with Gasteiger partial charge in [0.25, 0.3) is 5.91 Å². The number of pyridine rings is 1. The third-order valence-corrected chi connectivity index (χ3v) is 6.16. The molecule has 2 aliphatic heterocycles. The van der Waals surface area contributed by atoms with E-state index in [1.807, 2.05) is 36.1 Å². The van der Waals surface area contributed by atoms with Crippen LogP contribution in [-0.2, 0) is 9.59 Å². The number of hydrogen-bond donors (Lipinski definition) is 1. The van der Waals surface area contributed by atoms with E-state index in [-0.39, 0.29) is 23.6 Å². The van der Waals surface area contributed by atoms with E-state index in [4.69, 9.17) is 0 Å². The average molecular weight is 421 g/mol. The van der Waals surface area contributed by atoms with Crippen LogP contribution >= 0.6 is 0 Å². The summed E-state index contributed by atoms with van der Waals surface area (Å²) < 4.78 is 0. The molecule has 0 bridgehead atoms. The summed E-state index contributed by atoms with van der Waals surface area (Å²) in [4.78, 5) is 46.4. The molecule has 2 saturated heterocycles. The first kappa shape index (κ1) is 21.0. The van der Waals surface area contributed by atoms with Crippen LogP contribution in [0.1, 0.15) is 41.6 Å². The van der Waals surface area contributed by atoms with Gasteiger partial charge in [-0.05, 0) is 56.4 Å². The molecule has 2 aliphatic rings. The monoisotopic (exact) mass is 420 g/mol. The van der Waals surface area contributed by atoms with Gasteiger partial charge in [-0.1, -0.05) is 24.3 Å². The largest absolute Gasteiger partial charge is 0.341 e. The lowest BCUT2D eigenvalue weighted by Gasteiger charge is -2.35. The van der Waals surface area contributed by atoms with Gasteiger partial charge in [-0.15, -0.1) is 0 Å². The molecule has 1 aromatic heterocycles. The Balaban J connectivity index is 1.32. The van der Waals surface area contributed by atoms with Crippen molar-refractivity contribution in [2.24, 2.45) is 5.92 Å². The lowest BCUT2D eigenvalue weighted by Crippen LogP contribution is -2.50. The summed E-state index contributed by atoms with van der Waals surface area (Å²) in [7, 11) is 0. The van der Waals surface area contributed by atoms with E-state index in [0.717, 1.165) is 12.0 Å². The summed E-state index contributed by atoms with van der Waals surface area (Å²) in [5.74, 6) is 0.273. The molecule has 3 amide bonds. The molecule has 1 N–H and O–H groups in total. The Morgan fingerprint density at radius 2 is 1.71 bits per heavy atom. The fourth-order valence-corrected chi connectivity index (χ4v) is 4.36. The molecule has 2 aromatic rings. The maximum atomic E-state index is 13.2. The number of amides is 3. The fraction of sp³-hybridized carbons (Fsp3) is 0.417. The van der Waals surface area contributed by atoms with E-state index in [2.05, 4.69) is 10.3 Å². The van der Waals surface area contributed by atoms with Crippen LogP contribution in [-0.4, -0.2) is 58.2 Å². The number of aromatic nitrogens is 1. The Morgan fingerprint density at radius 3 is 2.39 bits per heavy atom. The van der Waals surface area contributed by atoms with E-state index in [9.17, 15) is 14.4 Å². The van der Waals surface area contributed by atoms with Gasteiger partial charge in [-0.25, -0.2) is 4.98 Å². The molecule has 162 valence electrons. The normalized spacial score (nSPS) is 19.3. The summed E-state index contributed by atoms with van der Waals surface area (Å²) in [5, 5.41) is 2.87. The van der Waals surface area contributed by atoms with Crippen LogP contribution in [0, 0.1) is 12.8 Å². The number of nitrogens with zero attached hydrogens (tertiary/aromatic N) is 3. The maximum Gasteiger partial charge on any atom is 0.254 e. The Bertz CT molecular complexity index is 937. The second-order valence-electron chi connectivity index (χ2n) is 8.33.